The zero-order chi connectivity index (χ0) is 11.3. The molecule has 1 aromatic heterocycles. The van der Waals surface area contributed by atoms with E-state index >= 15 is 0 Å². The zero-order valence-corrected chi connectivity index (χ0v) is 8.25. The third-order valence-electron chi connectivity index (χ3n) is 2.85. The van der Waals surface area contributed by atoms with Crippen molar-refractivity contribution in [1.29, 1.82) is 0 Å². The molecule has 1 atom stereocenters. The number of aromatic nitrogens is 2. The summed E-state index contributed by atoms with van der Waals surface area (Å²) in [5.74, 6) is 0. The number of hydrogen-bond donors (Lipinski definition) is 1. The van der Waals surface area contributed by atoms with Crippen molar-refractivity contribution in [2.75, 3.05) is 0 Å². The normalized spacial score (nSPS) is 21.4. The minimum absolute atomic E-state index is 0.118. The van der Waals surface area contributed by atoms with Gasteiger partial charge in [-0.05, 0) is 19.8 Å². The van der Waals surface area contributed by atoms with Crippen molar-refractivity contribution in [3.8, 4) is 0 Å². The lowest BCUT2D eigenvalue weighted by molar-refractivity contribution is -0.180. The number of nitrogens with zero attached hydrogens (tertiary/aromatic N) is 2. The van der Waals surface area contributed by atoms with Crippen LogP contribution in [0, 0.1) is 0 Å². The van der Waals surface area contributed by atoms with E-state index in [1.807, 2.05) is 0 Å². The molecule has 1 aromatic rings. The Balaban J connectivity index is 2.42. The smallest absolute Gasteiger partial charge is 0.323 e. The van der Waals surface area contributed by atoms with Crippen molar-refractivity contribution in [2.24, 2.45) is 5.73 Å². The van der Waals surface area contributed by atoms with Gasteiger partial charge in [0.15, 0.2) is 0 Å². The highest BCUT2D eigenvalue weighted by Crippen LogP contribution is 2.56. The van der Waals surface area contributed by atoms with E-state index in [4.69, 9.17) is 5.73 Å². The van der Waals surface area contributed by atoms with Gasteiger partial charge in [-0.2, -0.15) is 13.2 Å². The predicted octanol–water partition coefficient (Wildman–Crippen LogP) is 1.95. The van der Waals surface area contributed by atoms with Crippen molar-refractivity contribution < 1.29 is 13.2 Å². The Morgan fingerprint density at radius 2 is 2.13 bits per heavy atom. The molecule has 0 aliphatic heterocycles. The molecule has 1 aliphatic rings. The summed E-state index contributed by atoms with van der Waals surface area (Å²) in [5, 5.41) is 0. The quantitative estimate of drug-likeness (QED) is 0.826. The molecule has 0 amide bonds. The van der Waals surface area contributed by atoms with E-state index in [9.17, 15) is 13.2 Å². The third kappa shape index (κ3) is 1.43. The second kappa shape index (κ2) is 2.98. The first kappa shape index (κ1) is 10.5. The van der Waals surface area contributed by atoms with Crippen LogP contribution >= 0.6 is 0 Å². The monoisotopic (exact) mass is 219 g/mol. The molecule has 0 spiro atoms. The first-order valence-corrected chi connectivity index (χ1v) is 4.73. The first-order chi connectivity index (χ1) is 6.88. The van der Waals surface area contributed by atoms with Crippen LogP contribution in [0.4, 0.5) is 13.2 Å². The molecule has 2 N–H and O–H groups in total. The molecule has 1 heterocycles. The first-order valence-electron chi connectivity index (χ1n) is 4.73. The molecular weight excluding hydrogens is 207 g/mol. The molecule has 1 unspecified atom stereocenters. The van der Waals surface area contributed by atoms with Gasteiger partial charge in [0.1, 0.15) is 5.54 Å². The number of alkyl halides is 3. The van der Waals surface area contributed by atoms with Gasteiger partial charge < -0.3 is 10.3 Å². The number of nitrogens with two attached hydrogens (primary N) is 1. The summed E-state index contributed by atoms with van der Waals surface area (Å²) in [6, 6.07) is -0.438. The Morgan fingerprint density at radius 3 is 2.53 bits per heavy atom. The summed E-state index contributed by atoms with van der Waals surface area (Å²) in [5.41, 5.74) is 4.29. The highest BCUT2D eigenvalue weighted by molar-refractivity contribution is 5.15. The Labute approximate surface area is 85.1 Å². The molecule has 15 heavy (non-hydrogen) atoms. The van der Waals surface area contributed by atoms with E-state index in [1.165, 1.54) is 17.1 Å². The standard InChI is InChI=1S/C9H12F3N3/c1-6(13)7-4-14-5-15(7)8(2-3-8)9(10,11)12/h4-6H,2-3,13H2,1H3. The molecule has 6 heteroatoms. The second-order valence-electron chi connectivity index (χ2n) is 4.01. The minimum atomic E-state index is -4.22. The number of imidazole rings is 1. The molecule has 1 aliphatic carbocycles. The molecule has 0 aromatic carbocycles. The highest BCUT2D eigenvalue weighted by atomic mass is 19.4. The molecule has 1 fully saturated rings. The van der Waals surface area contributed by atoms with Crippen molar-refractivity contribution in [3.63, 3.8) is 0 Å². The zero-order valence-electron chi connectivity index (χ0n) is 8.25. The molecule has 3 nitrogen and oxygen atoms in total. The number of halogens is 3. The molecule has 1 saturated carbocycles. The van der Waals surface area contributed by atoms with Crippen LogP contribution in [0.2, 0.25) is 0 Å². The lowest BCUT2D eigenvalue weighted by Gasteiger charge is -2.24. The Hall–Kier alpha value is -1.04. The van der Waals surface area contributed by atoms with Crippen LogP contribution in [0.3, 0.4) is 0 Å². The van der Waals surface area contributed by atoms with Crippen LogP contribution in [-0.4, -0.2) is 15.7 Å². The van der Waals surface area contributed by atoms with E-state index in [-0.39, 0.29) is 12.8 Å². The molecule has 0 saturated heterocycles. The van der Waals surface area contributed by atoms with Gasteiger partial charge in [-0.1, -0.05) is 0 Å². The Kier molecular flexibility index (Phi) is 2.08. The van der Waals surface area contributed by atoms with Crippen LogP contribution in [0.15, 0.2) is 12.5 Å². The maximum Gasteiger partial charge on any atom is 0.411 e. The average molecular weight is 219 g/mol. The van der Waals surface area contributed by atoms with Crippen LogP contribution in [0.25, 0.3) is 0 Å². The number of rotatable bonds is 2. The van der Waals surface area contributed by atoms with Crippen LogP contribution in [0.1, 0.15) is 31.5 Å². The van der Waals surface area contributed by atoms with Gasteiger partial charge in [-0.15, -0.1) is 0 Å². The van der Waals surface area contributed by atoms with Crippen LogP contribution in [0.5, 0.6) is 0 Å². The Morgan fingerprint density at radius 1 is 1.53 bits per heavy atom. The van der Waals surface area contributed by atoms with E-state index in [2.05, 4.69) is 4.98 Å². The lowest BCUT2D eigenvalue weighted by Crippen LogP contribution is -2.36. The molecule has 2 rings (SSSR count). The predicted molar refractivity (Wildman–Crippen MR) is 48.1 cm³/mol. The Bertz CT molecular complexity index is 363. The van der Waals surface area contributed by atoms with Gasteiger partial charge in [-0.3, -0.25) is 0 Å². The fourth-order valence-corrected chi connectivity index (χ4v) is 1.78. The van der Waals surface area contributed by atoms with Gasteiger partial charge in [0.05, 0.1) is 12.0 Å². The molecule has 84 valence electrons. The van der Waals surface area contributed by atoms with Gasteiger partial charge >= 0.3 is 6.18 Å². The summed E-state index contributed by atoms with van der Waals surface area (Å²) in [4.78, 5) is 3.75. The molecular formula is C9H12F3N3. The van der Waals surface area contributed by atoms with Crippen molar-refractivity contribution in [1.82, 2.24) is 9.55 Å². The van der Waals surface area contributed by atoms with Gasteiger partial charge in [-0.25, -0.2) is 4.98 Å². The summed E-state index contributed by atoms with van der Waals surface area (Å²) in [7, 11) is 0. The summed E-state index contributed by atoms with van der Waals surface area (Å²) in [6.07, 6.45) is -1.37. The average Bonchev–Trinajstić information content (AvgIpc) is 2.76. The van der Waals surface area contributed by atoms with E-state index < -0.39 is 17.8 Å². The fourth-order valence-electron chi connectivity index (χ4n) is 1.78. The molecule has 0 bridgehead atoms. The number of hydrogen-bond acceptors (Lipinski definition) is 2. The van der Waals surface area contributed by atoms with E-state index in [0.717, 1.165) is 0 Å². The fraction of sp³-hybridized carbons (Fsp3) is 0.667. The molecule has 0 radical (unpaired) electrons. The SMILES string of the molecule is CC(N)c1cncn1C1(C(F)(F)F)CC1. The minimum Gasteiger partial charge on any atom is -0.323 e. The summed E-state index contributed by atoms with van der Waals surface area (Å²) >= 11 is 0. The van der Waals surface area contributed by atoms with Crippen molar-refractivity contribution in [3.05, 3.63) is 18.2 Å². The second-order valence-corrected chi connectivity index (χ2v) is 4.01. The lowest BCUT2D eigenvalue weighted by atomic mass is 10.2. The summed E-state index contributed by atoms with van der Waals surface area (Å²) in [6.45, 7) is 1.65. The topological polar surface area (TPSA) is 43.8 Å². The largest absolute Gasteiger partial charge is 0.411 e. The van der Waals surface area contributed by atoms with Gasteiger partial charge in [0, 0.05) is 12.2 Å². The van der Waals surface area contributed by atoms with Crippen LogP contribution in [-0.2, 0) is 5.54 Å². The van der Waals surface area contributed by atoms with E-state index in [1.54, 1.807) is 6.92 Å². The van der Waals surface area contributed by atoms with E-state index in [0.29, 0.717) is 5.69 Å². The third-order valence-corrected chi connectivity index (χ3v) is 2.85. The van der Waals surface area contributed by atoms with Gasteiger partial charge in [0.25, 0.3) is 0 Å². The van der Waals surface area contributed by atoms with Crippen molar-refractivity contribution in [2.45, 2.75) is 37.5 Å². The maximum absolute atomic E-state index is 12.8. The van der Waals surface area contributed by atoms with Crippen LogP contribution < -0.4 is 5.73 Å². The van der Waals surface area contributed by atoms with Gasteiger partial charge in [0.2, 0.25) is 0 Å². The maximum atomic E-state index is 12.8. The highest BCUT2D eigenvalue weighted by Gasteiger charge is 2.65. The van der Waals surface area contributed by atoms with Crippen molar-refractivity contribution >= 4 is 0 Å². The summed E-state index contributed by atoms with van der Waals surface area (Å²) < 4.78 is 39.6.